The zero-order valence-electron chi connectivity index (χ0n) is 20.2. The van der Waals surface area contributed by atoms with Crippen LogP contribution >= 0.6 is 0 Å². The molecule has 0 radical (unpaired) electrons. The number of aromatic nitrogens is 1. The first-order chi connectivity index (χ1) is 16.9. The second kappa shape index (κ2) is 9.53. The smallest absolute Gasteiger partial charge is 0.339 e. The highest BCUT2D eigenvalue weighted by Crippen LogP contribution is 2.38. The van der Waals surface area contributed by atoms with E-state index in [1.165, 1.54) is 0 Å². The van der Waals surface area contributed by atoms with Crippen molar-refractivity contribution >= 4 is 34.4 Å². The van der Waals surface area contributed by atoms with Crippen LogP contribution in [-0.2, 0) is 16.0 Å². The molecule has 2 unspecified atom stereocenters. The number of ether oxygens (including phenoxy) is 1. The number of aromatic hydroxyl groups is 1. The van der Waals surface area contributed by atoms with Gasteiger partial charge in [-0.3, -0.25) is 4.79 Å². The van der Waals surface area contributed by atoms with E-state index in [1.807, 2.05) is 47.4 Å². The highest BCUT2D eigenvalue weighted by Gasteiger charge is 2.31. The zero-order chi connectivity index (χ0) is 24.5. The fourth-order valence-electron chi connectivity index (χ4n) is 5.47. The topological polar surface area (TPSA) is 79.7 Å². The van der Waals surface area contributed by atoms with Gasteiger partial charge in [-0.2, -0.15) is 0 Å². The van der Waals surface area contributed by atoms with Crippen molar-refractivity contribution in [3.8, 4) is 5.75 Å². The Bertz CT molecular complexity index is 1300. The fourth-order valence-corrected chi connectivity index (χ4v) is 5.47. The number of pyridine rings is 1. The van der Waals surface area contributed by atoms with Gasteiger partial charge >= 0.3 is 5.97 Å². The molecule has 3 aromatic rings. The molecular formula is C29H30N2O4. The minimum absolute atomic E-state index is 0.138. The van der Waals surface area contributed by atoms with Crippen LogP contribution < -0.4 is 0 Å². The summed E-state index contributed by atoms with van der Waals surface area (Å²) in [6.45, 7) is 3.86. The number of fused-ring (bicyclic) bond motifs is 2. The molecule has 6 heteroatoms. The predicted octanol–water partition coefficient (Wildman–Crippen LogP) is 5.37. The van der Waals surface area contributed by atoms with Gasteiger partial charge in [0.2, 0.25) is 0 Å². The number of hydrogen-bond donors (Lipinski definition) is 1. The summed E-state index contributed by atoms with van der Waals surface area (Å²) in [5, 5.41) is 10.3. The standard InChI is InChI=1S/C29H30N2O4/c1-18-6-5-7-19(2)31(18)26(33)17-35-29(34)27-23-8-3-4-9-25(23)30-28-21(12-15-24(27)28)16-20-10-13-22(32)14-11-20/h3-4,8-11,13-14,16,18-19,32H,5-7,12,15,17H2,1-2H3. The number of esters is 1. The van der Waals surface area contributed by atoms with Crippen molar-refractivity contribution in [3.05, 3.63) is 70.9 Å². The van der Waals surface area contributed by atoms with Crippen LogP contribution in [0.3, 0.4) is 0 Å². The quantitative estimate of drug-likeness (QED) is 0.519. The fraction of sp³-hybridized carbons (Fsp3) is 0.345. The Morgan fingerprint density at radius 2 is 1.77 bits per heavy atom. The van der Waals surface area contributed by atoms with Crippen LogP contribution in [0.2, 0.25) is 0 Å². The number of hydrogen-bond acceptors (Lipinski definition) is 5. The first kappa shape index (κ1) is 23.1. The van der Waals surface area contributed by atoms with Crippen molar-refractivity contribution in [3.63, 3.8) is 0 Å². The van der Waals surface area contributed by atoms with E-state index in [0.717, 1.165) is 59.0 Å². The molecule has 2 atom stereocenters. The molecule has 1 aliphatic carbocycles. The third-order valence-electron chi connectivity index (χ3n) is 7.19. The molecule has 1 N–H and O–H groups in total. The van der Waals surface area contributed by atoms with Crippen LogP contribution in [0.1, 0.15) is 66.7 Å². The Kier molecular flexibility index (Phi) is 6.29. The molecule has 35 heavy (non-hydrogen) atoms. The maximum atomic E-state index is 13.4. The van der Waals surface area contributed by atoms with Crippen molar-refractivity contribution in [2.24, 2.45) is 0 Å². The SMILES string of the molecule is CC1CCCC(C)N1C(=O)COC(=O)c1c2c(nc3ccccc13)C(=Cc1ccc(O)cc1)CC2. The molecule has 2 heterocycles. The summed E-state index contributed by atoms with van der Waals surface area (Å²) < 4.78 is 5.63. The Morgan fingerprint density at radius 3 is 2.51 bits per heavy atom. The second-order valence-electron chi connectivity index (χ2n) is 9.60. The molecule has 1 saturated heterocycles. The van der Waals surface area contributed by atoms with Crippen LogP contribution in [0.25, 0.3) is 22.6 Å². The maximum Gasteiger partial charge on any atom is 0.339 e. The Balaban J connectivity index is 1.46. The monoisotopic (exact) mass is 470 g/mol. The molecule has 1 aromatic heterocycles. The third-order valence-corrected chi connectivity index (χ3v) is 7.19. The van der Waals surface area contributed by atoms with Gasteiger partial charge in [0.1, 0.15) is 5.75 Å². The number of para-hydroxylation sites is 1. The van der Waals surface area contributed by atoms with E-state index in [2.05, 4.69) is 13.8 Å². The van der Waals surface area contributed by atoms with Gasteiger partial charge in [-0.15, -0.1) is 0 Å². The molecule has 2 aliphatic rings. The van der Waals surface area contributed by atoms with Gasteiger partial charge in [0.25, 0.3) is 5.91 Å². The first-order valence-corrected chi connectivity index (χ1v) is 12.3. The average Bonchev–Trinajstić information content (AvgIpc) is 3.24. The summed E-state index contributed by atoms with van der Waals surface area (Å²) >= 11 is 0. The van der Waals surface area contributed by atoms with Crippen LogP contribution in [0.4, 0.5) is 0 Å². The molecule has 1 amide bonds. The number of rotatable bonds is 4. The lowest BCUT2D eigenvalue weighted by atomic mass is 9.97. The number of allylic oxidation sites excluding steroid dienone is 1. The van der Waals surface area contributed by atoms with E-state index >= 15 is 0 Å². The number of benzene rings is 2. The lowest BCUT2D eigenvalue weighted by Gasteiger charge is -2.38. The van der Waals surface area contributed by atoms with Gasteiger partial charge in [0, 0.05) is 17.5 Å². The number of likely N-dealkylation sites (tertiary alicyclic amines) is 1. The van der Waals surface area contributed by atoms with Gasteiger partial charge in [-0.05, 0) is 86.9 Å². The summed E-state index contributed by atoms with van der Waals surface area (Å²) in [6, 6.07) is 14.9. The lowest BCUT2D eigenvalue weighted by molar-refractivity contribution is -0.140. The molecule has 0 spiro atoms. The largest absolute Gasteiger partial charge is 0.508 e. The minimum atomic E-state index is -0.476. The molecule has 5 rings (SSSR count). The normalized spacial score (nSPS) is 20.7. The molecule has 0 bridgehead atoms. The number of carbonyl (C=O) groups is 2. The van der Waals surface area contributed by atoms with E-state index in [9.17, 15) is 14.7 Å². The summed E-state index contributed by atoms with van der Waals surface area (Å²) in [6.07, 6.45) is 6.54. The zero-order valence-corrected chi connectivity index (χ0v) is 20.2. The van der Waals surface area contributed by atoms with Crippen molar-refractivity contribution in [2.45, 2.75) is 58.0 Å². The number of nitrogens with zero attached hydrogens (tertiary/aromatic N) is 2. The van der Waals surface area contributed by atoms with Crippen LogP contribution in [0.15, 0.2) is 48.5 Å². The summed E-state index contributed by atoms with van der Waals surface area (Å²) in [5.41, 5.74) is 4.89. The molecule has 1 fully saturated rings. The Hall–Kier alpha value is -3.67. The average molecular weight is 471 g/mol. The maximum absolute atomic E-state index is 13.4. The highest BCUT2D eigenvalue weighted by molar-refractivity contribution is 6.07. The molecular weight excluding hydrogens is 440 g/mol. The molecule has 1 aliphatic heterocycles. The van der Waals surface area contributed by atoms with Gasteiger partial charge in [-0.1, -0.05) is 30.3 Å². The first-order valence-electron chi connectivity index (χ1n) is 12.3. The van der Waals surface area contributed by atoms with Crippen molar-refractivity contribution in [1.29, 1.82) is 0 Å². The summed E-state index contributed by atoms with van der Waals surface area (Å²) in [7, 11) is 0. The van der Waals surface area contributed by atoms with Crippen molar-refractivity contribution in [1.82, 2.24) is 9.88 Å². The molecule has 6 nitrogen and oxygen atoms in total. The van der Waals surface area contributed by atoms with Gasteiger partial charge in [0.15, 0.2) is 6.61 Å². The third kappa shape index (κ3) is 4.53. The minimum Gasteiger partial charge on any atom is -0.508 e. The summed E-state index contributed by atoms with van der Waals surface area (Å²) in [4.78, 5) is 33.1. The number of piperidine rings is 1. The van der Waals surface area contributed by atoms with Crippen LogP contribution in [0, 0.1) is 0 Å². The Labute approximate surface area is 205 Å². The second-order valence-corrected chi connectivity index (χ2v) is 9.60. The van der Waals surface area contributed by atoms with Crippen molar-refractivity contribution in [2.75, 3.05) is 6.61 Å². The number of carbonyl (C=O) groups excluding carboxylic acids is 2. The van der Waals surface area contributed by atoms with Gasteiger partial charge in [-0.25, -0.2) is 9.78 Å². The van der Waals surface area contributed by atoms with Crippen LogP contribution in [0.5, 0.6) is 5.75 Å². The van der Waals surface area contributed by atoms with Crippen molar-refractivity contribution < 1.29 is 19.4 Å². The van der Waals surface area contributed by atoms with E-state index in [1.54, 1.807) is 12.1 Å². The van der Waals surface area contributed by atoms with E-state index in [0.29, 0.717) is 12.0 Å². The molecule has 0 saturated carbocycles. The Morgan fingerprint density at radius 1 is 1.06 bits per heavy atom. The molecule has 2 aromatic carbocycles. The van der Waals surface area contributed by atoms with Crippen LogP contribution in [-0.4, -0.2) is 45.6 Å². The number of amides is 1. The lowest BCUT2D eigenvalue weighted by Crippen LogP contribution is -2.49. The van der Waals surface area contributed by atoms with E-state index < -0.39 is 5.97 Å². The number of phenols is 1. The van der Waals surface area contributed by atoms with Gasteiger partial charge in [0.05, 0.1) is 16.8 Å². The number of phenolic OH excluding ortho intramolecular Hbond substituents is 1. The predicted molar refractivity (Wildman–Crippen MR) is 136 cm³/mol. The highest BCUT2D eigenvalue weighted by atomic mass is 16.5. The molecule has 180 valence electrons. The summed E-state index contributed by atoms with van der Waals surface area (Å²) in [5.74, 6) is -0.395. The van der Waals surface area contributed by atoms with E-state index in [4.69, 9.17) is 9.72 Å². The van der Waals surface area contributed by atoms with E-state index in [-0.39, 0.29) is 30.3 Å². The van der Waals surface area contributed by atoms with Gasteiger partial charge < -0.3 is 14.7 Å².